The van der Waals surface area contributed by atoms with Gasteiger partial charge in [0.05, 0.1) is 5.38 Å². The minimum atomic E-state index is -0.271. The molecule has 0 bridgehead atoms. The SMILES string of the molecule is Clc1cccc(C(Cl)c2ccccc2Cl)c1. The van der Waals surface area contributed by atoms with Gasteiger partial charge in [-0.15, -0.1) is 11.6 Å². The van der Waals surface area contributed by atoms with E-state index < -0.39 is 0 Å². The van der Waals surface area contributed by atoms with Crippen molar-refractivity contribution in [1.82, 2.24) is 0 Å². The second-order valence-corrected chi connectivity index (χ2v) is 4.72. The van der Waals surface area contributed by atoms with E-state index in [0.29, 0.717) is 10.0 Å². The van der Waals surface area contributed by atoms with E-state index in [2.05, 4.69) is 0 Å². The van der Waals surface area contributed by atoms with Gasteiger partial charge in [0.2, 0.25) is 0 Å². The van der Waals surface area contributed by atoms with Gasteiger partial charge in [-0.05, 0) is 29.3 Å². The highest BCUT2D eigenvalue weighted by Crippen LogP contribution is 2.34. The van der Waals surface area contributed by atoms with E-state index in [0.717, 1.165) is 11.1 Å². The van der Waals surface area contributed by atoms with Crippen molar-refractivity contribution in [2.45, 2.75) is 5.38 Å². The van der Waals surface area contributed by atoms with Gasteiger partial charge in [-0.2, -0.15) is 0 Å². The molecule has 82 valence electrons. The fourth-order valence-corrected chi connectivity index (χ4v) is 2.35. The molecule has 0 heterocycles. The molecular weight excluding hydrogens is 263 g/mol. The van der Waals surface area contributed by atoms with Gasteiger partial charge in [-0.25, -0.2) is 0 Å². The molecule has 0 saturated heterocycles. The molecule has 0 amide bonds. The predicted octanol–water partition coefficient (Wildman–Crippen LogP) is 5.32. The third kappa shape index (κ3) is 2.52. The van der Waals surface area contributed by atoms with E-state index in [1.807, 2.05) is 48.5 Å². The van der Waals surface area contributed by atoms with Gasteiger partial charge in [-0.1, -0.05) is 53.5 Å². The number of hydrogen-bond donors (Lipinski definition) is 0. The highest BCUT2D eigenvalue weighted by Gasteiger charge is 2.13. The van der Waals surface area contributed by atoms with Crippen LogP contribution in [0.5, 0.6) is 0 Å². The molecule has 0 aliphatic carbocycles. The summed E-state index contributed by atoms with van der Waals surface area (Å²) in [5, 5.41) is 1.07. The minimum Gasteiger partial charge on any atom is -0.113 e. The van der Waals surface area contributed by atoms with Crippen molar-refractivity contribution >= 4 is 34.8 Å². The van der Waals surface area contributed by atoms with Crippen molar-refractivity contribution in [3.8, 4) is 0 Å². The summed E-state index contributed by atoms with van der Waals surface area (Å²) in [6, 6.07) is 15.0. The van der Waals surface area contributed by atoms with Crippen LogP contribution in [0.2, 0.25) is 10.0 Å². The Labute approximate surface area is 110 Å². The lowest BCUT2D eigenvalue weighted by Crippen LogP contribution is -1.93. The summed E-state index contributed by atoms with van der Waals surface area (Å²) < 4.78 is 0. The molecule has 1 unspecified atom stereocenters. The lowest BCUT2D eigenvalue weighted by atomic mass is 10.0. The zero-order valence-electron chi connectivity index (χ0n) is 8.33. The summed E-state index contributed by atoms with van der Waals surface area (Å²) >= 11 is 18.4. The molecule has 0 aromatic heterocycles. The first-order chi connectivity index (χ1) is 7.68. The summed E-state index contributed by atoms with van der Waals surface area (Å²) in [5.74, 6) is 0. The highest BCUT2D eigenvalue weighted by atomic mass is 35.5. The number of halogens is 3. The molecule has 2 rings (SSSR count). The highest BCUT2D eigenvalue weighted by molar-refractivity contribution is 6.33. The van der Waals surface area contributed by atoms with Crippen molar-refractivity contribution in [3.63, 3.8) is 0 Å². The standard InChI is InChI=1S/C13H9Cl3/c14-10-5-3-4-9(8-10)13(16)11-6-1-2-7-12(11)15/h1-8,13H. The van der Waals surface area contributed by atoms with Gasteiger partial charge in [0, 0.05) is 10.0 Å². The summed E-state index contributed by atoms with van der Waals surface area (Å²) in [6.45, 7) is 0. The van der Waals surface area contributed by atoms with Gasteiger partial charge in [0.25, 0.3) is 0 Å². The molecule has 0 saturated carbocycles. The Morgan fingerprint density at radius 2 is 1.62 bits per heavy atom. The topological polar surface area (TPSA) is 0 Å². The van der Waals surface area contributed by atoms with E-state index in [1.54, 1.807) is 0 Å². The second-order valence-electron chi connectivity index (χ2n) is 3.44. The van der Waals surface area contributed by atoms with Crippen molar-refractivity contribution in [1.29, 1.82) is 0 Å². The van der Waals surface area contributed by atoms with Crippen LogP contribution >= 0.6 is 34.8 Å². The van der Waals surface area contributed by atoms with Crippen molar-refractivity contribution in [2.75, 3.05) is 0 Å². The van der Waals surface area contributed by atoms with Gasteiger partial charge < -0.3 is 0 Å². The summed E-state index contributed by atoms with van der Waals surface area (Å²) in [7, 11) is 0. The van der Waals surface area contributed by atoms with Crippen LogP contribution in [0, 0.1) is 0 Å². The summed E-state index contributed by atoms with van der Waals surface area (Å²) in [6.07, 6.45) is 0. The maximum absolute atomic E-state index is 6.37. The number of alkyl halides is 1. The first-order valence-electron chi connectivity index (χ1n) is 4.82. The smallest absolute Gasteiger partial charge is 0.0850 e. The van der Waals surface area contributed by atoms with Gasteiger partial charge in [-0.3, -0.25) is 0 Å². The molecule has 0 aliphatic heterocycles. The molecule has 3 heteroatoms. The van der Waals surface area contributed by atoms with Crippen LogP contribution in [0.3, 0.4) is 0 Å². The number of rotatable bonds is 2. The molecule has 0 nitrogen and oxygen atoms in total. The molecule has 0 N–H and O–H groups in total. The average molecular weight is 272 g/mol. The lowest BCUT2D eigenvalue weighted by Gasteiger charge is -2.12. The van der Waals surface area contributed by atoms with Crippen LogP contribution in [0.15, 0.2) is 48.5 Å². The van der Waals surface area contributed by atoms with Crippen LogP contribution in [0.25, 0.3) is 0 Å². The normalized spacial score (nSPS) is 12.4. The molecule has 0 aliphatic rings. The molecule has 16 heavy (non-hydrogen) atoms. The van der Waals surface area contributed by atoms with Crippen molar-refractivity contribution < 1.29 is 0 Å². The Balaban J connectivity index is 2.39. The molecule has 0 radical (unpaired) electrons. The Morgan fingerprint density at radius 3 is 2.31 bits per heavy atom. The minimum absolute atomic E-state index is 0.271. The zero-order chi connectivity index (χ0) is 11.5. The molecule has 0 spiro atoms. The first-order valence-corrected chi connectivity index (χ1v) is 6.01. The Hall–Kier alpha value is -0.690. The maximum Gasteiger partial charge on any atom is 0.0850 e. The quantitative estimate of drug-likeness (QED) is 0.648. The molecule has 1 atom stereocenters. The van der Waals surface area contributed by atoms with Gasteiger partial charge in [0.1, 0.15) is 0 Å². The van der Waals surface area contributed by atoms with Gasteiger partial charge in [0.15, 0.2) is 0 Å². The summed E-state index contributed by atoms with van der Waals surface area (Å²) in [5.41, 5.74) is 1.84. The molecular formula is C13H9Cl3. The van der Waals surface area contributed by atoms with Crippen molar-refractivity contribution in [3.05, 3.63) is 69.7 Å². The molecule has 2 aromatic rings. The van der Waals surface area contributed by atoms with E-state index in [1.165, 1.54) is 0 Å². The Morgan fingerprint density at radius 1 is 0.875 bits per heavy atom. The average Bonchev–Trinajstić information content (AvgIpc) is 2.29. The van der Waals surface area contributed by atoms with Crippen LogP contribution in [-0.4, -0.2) is 0 Å². The van der Waals surface area contributed by atoms with E-state index in [4.69, 9.17) is 34.8 Å². The third-order valence-corrected chi connectivity index (χ3v) is 3.39. The van der Waals surface area contributed by atoms with Crippen molar-refractivity contribution in [2.24, 2.45) is 0 Å². The van der Waals surface area contributed by atoms with E-state index in [-0.39, 0.29) is 5.38 Å². The van der Waals surface area contributed by atoms with Crippen LogP contribution < -0.4 is 0 Å². The van der Waals surface area contributed by atoms with E-state index >= 15 is 0 Å². The van der Waals surface area contributed by atoms with Crippen LogP contribution in [0.1, 0.15) is 16.5 Å². The lowest BCUT2D eigenvalue weighted by molar-refractivity contribution is 1.14. The summed E-state index contributed by atoms with van der Waals surface area (Å²) in [4.78, 5) is 0. The zero-order valence-corrected chi connectivity index (χ0v) is 10.6. The van der Waals surface area contributed by atoms with Crippen LogP contribution in [0.4, 0.5) is 0 Å². The number of benzene rings is 2. The second kappa shape index (κ2) is 5.09. The maximum atomic E-state index is 6.37. The molecule has 0 fully saturated rings. The Bertz CT molecular complexity index is 494. The monoisotopic (exact) mass is 270 g/mol. The fourth-order valence-electron chi connectivity index (χ4n) is 1.52. The number of hydrogen-bond acceptors (Lipinski definition) is 0. The van der Waals surface area contributed by atoms with Gasteiger partial charge >= 0.3 is 0 Å². The third-order valence-electron chi connectivity index (χ3n) is 2.32. The largest absolute Gasteiger partial charge is 0.113 e. The fraction of sp³-hybridized carbons (Fsp3) is 0.0769. The van der Waals surface area contributed by atoms with Crippen LogP contribution in [-0.2, 0) is 0 Å². The van der Waals surface area contributed by atoms with E-state index in [9.17, 15) is 0 Å². The predicted molar refractivity (Wildman–Crippen MR) is 70.6 cm³/mol. The Kier molecular flexibility index (Phi) is 3.75. The molecule has 2 aromatic carbocycles. The first kappa shape index (κ1) is 11.8.